The van der Waals surface area contributed by atoms with Crippen LogP contribution >= 0.6 is 0 Å². The lowest BCUT2D eigenvalue weighted by Crippen LogP contribution is -2.46. The number of amides is 2. The van der Waals surface area contributed by atoms with Crippen molar-refractivity contribution in [3.63, 3.8) is 0 Å². The zero-order valence-corrected chi connectivity index (χ0v) is 14.7. The standard InChI is InChI=1S/C19H28N2O3/c1-15-7-9-16(10-8-15)5-3-4-6-18(22)20-17-11-13-21(14-12-17)19(23)24-2/h7-10,17H,3-6,11-14H2,1-2H3,(H,20,22). The molecular weight excluding hydrogens is 304 g/mol. The highest BCUT2D eigenvalue weighted by Gasteiger charge is 2.23. The molecule has 0 unspecified atom stereocenters. The molecule has 1 heterocycles. The average Bonchev–Trinajstić information content (AvgIpc) is 2.60. The monoisotopic (exact) mass is 332 g/mol. The Balaban J connectivity index is 1.58. The maximum atomic E-state index is 12.0. The second-order valence-electron chi connectivity index (χ2n) is 6.49. The zero-order chi connectivity index (χ0) is 17.4. The Morgan fingerprint density at radius 2 is 1.83 bits per heavy atom. The van der Waals surface area contributed by atoms with Crippen LogP contribution in [0.4, 0.5) is 4.79 Å². The van der Waals surface area contributed by atoms with Crippen LogP contribution in [0.1, 0.15) is 43.2 Å². The summed E-state index contributed by atoms with van der Waals surface area (Å²) in [7, 11) is 1.40. The molecule has 1 aliphatic heterocycles. The van der Waals surface area contributed by atoms with Crippen LogP contribution in [0.25, 0.3) is 0 Å². The lowest BCUT2D eigenvalue weighted by molar-refractivity contribution is -0.122. The smallest absolute Gasteiger partial charge is 0.409 e. The summed E-state index contributed by atoms with van der Waals surface area (Å²) in [5, 5.41) is 3.08. The van der Waals surface area contributed by atoms with Gasteiger partial charge in [0.05, 0.1) is 7.11 Å². The van der Waals surface area contributed by atoms with Gasteiger partial charge in [-0.1, -0.05) is 29.8 Å². The van der Waals surface area contributed by atoms with Gasteiger partial charge in [-0.05, 0) is 44.6 Å². The molecule has 0 spiro atoms. The largest absolute Gasteiger partial charge is 0.453 e. The molecule has 5 nitrogen and oxygen atoms in total. The fourth-order valence-corrected chi connectivity index (χ4v) is 3.00. The molecule has 0 saturated carbocycles. The molecule has 0 aromatic heterocycles. The number of methoxy groups -OCH3 is 1. The van der Waals surface area contributed by atoms with E-state index in [4.69, 9.17) is 4.74 Å². The molecule has 2 rings (SSSR count). The number of hydrogen-bond donors (Lipinski definition) is 1. The number of rotatable bonds is 6. The van der Waals surface area contributed by atoms with E-state index in [0.717, 1.165) is 32.1 Å². The molecule has 24 heavy (non-hydrogen) atoms. The van der Waals surface area contributed by atoms with Crippen LogP contribution in [0.3, 0.4) is 0 Å². The minimum atomic E-state index is -0.282. The number of likely N-dealkylation sites (tertiary alicyclic amines) is 1. The lowest BCUT2D eigenvalue weighted by atomic mass is 10.0. The fraction of sp³-hybridized carbons (Fsp3) is 0.579. The molecule has 2 amide bonds. The Bertz CT molecular complexity index is 534. The minimum Gasteiger partial charge on any atom is -0.453 e. The summed E-state index contributed by atoms with van der Waals surface area (Å²) in [6.45, 7) is 3.37. The quantitative estimate of drug-likeness (QED) is 0.815. The Morgan fingerprint density at radius 3 is 2.46 bits per heavy atom. The Labute approximate surface area is 144 Å². The van der Waals surface area contributed by atoms with Gasteiger partial charge in [-0.15, -0.1) is 0 Å². The van der Waals surface area contributed by atoms with Crippen LogP contribution in [-0.4, -0.2) is 43.1 Å². The summed E-state index contributed by atoms with van der Waals surface area (Å²) in [6, 6.07) is 8.75. The first-order chi connectivity index (χ1) is 11.6. The Hall–Kier alpha value is -2.04. The van der Waals surface area contributed by atoms with E-state index in [1.54, 1.807) is 4.90 Å². The first-order valence-electron chi connectivity index (χ1n) is 8.76. The number of carbonyl (C=O) groups excluding carboxylic acids is 2. The number of nitrogens with one attached hydrogen (secondary N) is 1. The summed E-state index contributed by atoms with van der Waals surface area (Å²) in [5.41, 5.74) is 2.60. The summed E-state index contributed by atoms with van der Waals surface area (Å²) in [6.07, 6.45) is 4.83. The summed E-state index contributed by atoms with van der Waals surface area (Å²) in [4.78, 5) is 25.1. The molecule has 1 aliphatic rings. The van der Waals surface area contributed by atoms with Crippen LogP contribution in [0.2, 0.25) is 0 Å². The first-order valence-corrected chi connectivity index (χ1v) is 8.76. The lowest BCUT2D eigenvalue weighted by Gasteiger charge is -2.31. The van der Waals surface area contributed by atoms with Gasteiger partial charge in [0.1, 0.15) is 0 Å². The van der Waals surface area contributed by atoms with Crippen LogP contribution < -0.4 is 5.32 Å². The van der Waals surface area contributed by atoms with Gasteiger partial charge in [-0.3, -0.25) is 4.79 Å². The van der Waals surface area contributed by atoms with Crippen molar-refractivity contribution in [2.75, 3.05) is 20.2 Å². The molecule has 1 aromatic carbocycles. The van der Waals surface area contributed by atoms with Crippen LogP contribution in [0.5, 0.6) is 0 Å². The summed E-state index contributed by atoms with van der Waals surface area (Å²) >= 11 is 0. The molecule has 1 N–H and O–H groups in total. The van der Waals surface area contributed by atoms with Crippen molar-refractivity contribution in [1.29, 1.82) is 0 Å². The molecule has 0 radical (unpaired) electrons. The molecule has 1 fully saturated rings. The number of carbonyl (C=O) groups is 2. The normalized spacial score (nSPS) is 15.2. The molecule has 0 aliphatic carbocycles. The van der Waals surface area contributed by atoms with Crippen molar-refractivity contribution in [1.82, 2.24) is 10.2 Å². The van der Waals surface area contributed by atoms with Gasteiger partial charge in [0.2, 0.25) is 5.91 Å². The average molecular weight is 332 g/mol. The number of unbranched alkanes of at least 4 members (excludes halogenated alkanes) is 1. The van der Waals surface area contributed by atoms with Gasteiger partial charge < -0.3 is 15.0 Å². The predicted octanol–water partition coefficient (Wildman–Crippen LogP) is 3.05. The van der Waals surface area contributed by atoms with Gasteiger partial charge in [-0.25, -0.2) is 4.79 Å². The van der Waals surface area contributed by atoms with Crippen molar-refractivity contribution in [3.05, 3.63) is 35.4 Å². The van der Waals surface area contributed by atoms with E-state index < -0.39 is 0 Å². The third-order valence-electron chi connectivity index (χ3n) is 4.53. The van der Waals surface area contributed by atoms with Crippen LogP contribution in [0, 0.1) is 6.92 Å². The van der Waals surface area contributed by atoms with Crippen molar-refractivity contribution in [3.8, 4) is 0 Å². The number of ether oxygens (including phenoxy) is 1. The van der Waals surface area contributed by atoms with E-state index in [9.17, 15) is 9.59 Å². The maximum Gasteiger partial charge on any atom is 0.409 e. The highest BCUT2D eigenvalue weighted by molar-refractivity contribution is 5.76. The second-order valence-corrected chi connectivity index (χ2v) is 6.49. The zero-order valence-electron chi connectivity index (χ0n) is 14.7. The fourth-order valence-electron chi connectivity index (χ4n) is 3.00. The molecule has 5 heteroatoms. The Kier molecular flexibility index (Phi) is 7.09. The number of aryl methyl sites for hydroxylation is 2. The van der Waals surface area contributed by atoms with Gasteiger partial charge in [0.25, 0.3) is 0 Å². The molecule has 0 atom stereocenters. The number of hydrogen-bond acceptors (Lipinski definition) is 3. The SMILES string of the molecule is COC(=O)N1CCC(NC(=O)CCCCc2ccc(C)cc2)CC1. The third-order valence-corrected chi connectivity index (χ3v) is 4.53. The summed E-state index contributed by atoms with van der Waals surface area (Å²) < 4.78 is 4.71. The minimum absolute atomic E-state index is 0.121. The van der Waals surface area contributed by atoms with Crippen molar-refractivity contribution in [2.45, 2.75) is 51.5 Å². The number of nitrogens with zero attached hydrogens (tertiary/aromatic N) is 1. The Morgan fingerprint density at radius 1 is 1.17 bits per heavy atom. The van der Waals surface area contributed by atoms with E-state index in [1.807, 2.05) is 0 Å². The topological polar surface area (TPSA) is 58.6 Å². The molecule has 1 saturated heterocycles. The van der Waals surface area contributed by atoms with Crippen LogP contribution in [-0.2, 0) is 16.0 Å². The predicted molar refractivity (Wildman–Crippen MR) is 93.9 cm³/mol. The van der Waals surface area contributed by atoms with Gasteiger partial charge >= 0.3 is 6.09 Å². The van der Waals surface area contributed by atoms with Crippen LogP contribution in [0.15, 0.2) is 24.3 Å². The highest BCUT2D eigenvalue weighted by atomic mass is 16.5. The molecule has 132 valence electrons. The number of piperidine rings is 1. The van der Waals surface area contributed by atoms with E-state index in [1.165, 1.54) is 18.2 Å². The first kappa shape index (κ1) is 18.3. The molecular formula is C19H28N2O3. The van der Waals surface area contributed by atoms with Gasteiger partial charge in [-0.2, -0.15) is 0 Å². The molecule has 0 bridgehead atoms. The maximum absolute atomic E-state index is 12.0. The molecule has 1 aromatic rings. The second kappa shape index (κ2) is 9.30. The van der Waals surface area contributed by atoms with E-state index >= 15 is 0 Å². The van der Waals surface area contributed by atoms with Gasteiger partial charge in [0.15, 0.2) is 0 Å². The summed E-state index contributed by atoms with van der Waals surface area (Å²) in [5.74, 6) is 0.121. The number of benzene rings is 1. The van der Waals surface area contributed by atoms with E-state index in [0.29, 0.717) is 19.5 Å². The van der Waals surface area contributed by atoms with Gasteiger partial charge in [0, 0.05) is 25.6 Å². The van der Waals surface area contributed by atoms with Crippen molar-refractivity contribution in [2.24, 2.45) is 0 Å². The highest BCUT2D eigenvalue weighted by Crippen LogP contribution is 2.12. The van der Waals surface area contributed by atoms with E-state index in [2.05, 4.69) is 36.5 Å². The third kappa shape index (κ3) is 5.87. The van der Waals surface area contributed by atoms with E-state index in [-0.39, 0.29) is 18.0 Å². The van der Waals surface area contributed by atoms with Crippen molar-refractivity contribution < 1.29 is 14.3 Å². The van der Waals surface area contributed by atoms with Crippen molar-refractivity contribution >= 4 is 12.0 Å².